The SMILES string of the molecule is Cc1nnc(SCc2ccccc2C(=O)N2CCOCC2)n1-c1cccc(C(F)(F)F)c1. The second-order valence-electron chi connectivity index (χ2n) is 7.26. The van der Waals surface area contributed by atoms with Gasteiger partial charge in [0.2, 0.25) is 0 Å². The van der Waals surface area contributed by atoms with Gasteiger partial charge in [-0.15, -0.1) is 10.2 Å². The van der Waals surface area contributed by atoms with Crippen LogP contribution in [0.3, 0.4) is 0 Å². The van der Waals surface area contributed by atoms with Gasteiger partial charge in [0.25, 0.3) is 5.91 Å². The third-order valence-corrected chi connectivity index (χ3v) is 6.11. The van der Waals surface area contributed by atoms with E-state index in [1.54, 1.807) is 28.5 Å². The van der Waals surface area contributed by atoms with Crippen LogP contribution in [-0.4, -0.2) is 51.9 Å². The average Bonchev–Trinajstić information content (AvgIpc) is 3.17. The van der Waals surface area contributed by atoms with Gasteiger partial charge in [-0.25, -0.2) is 0 Å². The molecule has 1 saturated heterocycles. The van der Waals surface area contributed by atoms with Crippen molar-refractivity contribution in [2.75, 3.05) is 26.3 Å². The number of carbonyl (C=O) groups is 1. The molecule has 0 N–H and O–H groups in total. The molecule has 0 atom stereocenters. The highest BCUT2D eigenvalue weighted by Gasteiger charge is 2.31. The highest BCUT2D eigenvalue weighted by molar-refractivity contribution is 7.98. The minimum atomic E-state index is -4.44. The summed E-state index contributed by atoms with van der Waals surface area (Å²) in [6.45, 7) is 3.81. The number of ether oxygens (including phenoxy) is 1. The second kappa shape index (κ2) is 9.33. The fourth-order valence-electron chi connectivity index (χ4n) is 3.49. The molecule has 1 fully saturated rings. The summed E-state index contributed by atoms with van der Waals surface area (Å²) in [6.07, 6.45) is -4.44. The van der Waals surface area contributed by atoms with Crippen LogP contribution >= 0.6 is 11.8 Å². The number of aromatic nitrogens is 3. The molecule has 32 heavy (non-hydrogen) atoms. The van der Waals surface area contributed by atoms with Crippen LogP contribution in [-0.2, 0) is 16.7 Å². The highest BCUT2D eigenvalue weighted by Crippen LogP contribution is 2.32. The Morgan fingerprint density at radius 1 is 1.09 bits per heavy atom. The van der Waals surface area contributed by atoms with E-state index in [1.807, 2.05) is 18.2 Å². The summed E-state index contributed by atoms with van der Waals surface area (Å²) in [7, 11) is 0. The summed E-state index contributed by atoms with van der Waals surface area (Å²) in [5.74, 6) is 0.841. The minimum absolute atomic E-state index is 0.0555. The molecule has 0 spiro atoms. The van der Waals surface area contributed by atoms with Gasteiger partial charge in [-0.2, -0.15) is 13.2 Å². The average molecular weight is 462 g/mol. The Kier molecular flexibility index (Phi) is 6.52. The predicted molar refractivity (Wildman–Crippen MR) is 114 cm³/mol. The second-order valence-corrected chi connectivity index (χ2v) is 8.21. The Morgan fingerprint density at radius 3 is 2.59 bits per heavy atom. The number of hydrogen-bond acceptors (Lipinski definition) is 5. The molecular formula is C22H21F3N4O2S. The van der Waals surface area contributed by atoms with Crippen molar-refractivity contribution in [1.29, 1.82) is 0 Å². The van der Waals surface area contributed by atoms with Crippen LogP contribution in [0.25, 0.3) is 5.69 Å². The van der Waals surface area contributed by atoms with Gasteiger partial charge in [-0.3, -0.25) is 9.36 Å². The molecule has 1 aliphatic rings. The van der Waals surface area contributed by atoms with E-state index in [0.717, 1.165) is 17.7 Å². The molecule has 1 amide bonds. The number of carbonyl (C=O) groups excluding carboxylic acids is 1. The van der Waals surface area contributed by atoms with Crippen LogP contribution in [0, 0.1) is 6.92 Å². The van der Waals surface area contributed by atoms with Crippen LogP contribution in [0.4, 0.5) is 13.2 Å². The zero-order chi connectivity index (χ0) is 22.7. The predicted octanol–water partition coefficient (Wildman–Crippen LogP) is 4.36. The van der Waals surface area contributed by atoms with E-state index in [1.165, 1.54) is 17.8 Å². The fraction of sp³-hybridized carbons (Fsp3) is 0.318. The Morgan fingerprint density at radius 2 is 1.84 bits per heavy atom. The van der Waals surface area contributed by atoms with Gasteiger partial charge in [-0.1, -0.05) is 36.0 Å². The molecule has 0 saturated carbocycles. The lowest BCUT2D eigenvalue weighted by atomic mass is 10.1. The van der Waals surface area contributed by atoms with Crippen molar-refractivity contribution in [2.24, 2.45) is 0 Å². The first-order valence-corrected chi connectivity index (χ1v) is 11.0. The standard InChI is InChI=1S/C22H21F3N4O2S/c1-15-26-27-21(29(15)18-7-4-6-17(13-18)22(23,24)25)32-14-16-5-2-3-8-19(16)20(30)28-9-11-31-12-10-28/h2-8,13H,9-12,14H2,1H3. The van der Waals surface area contributed by atoms with Gasteiger partial charge in [0, 0.05) is 30.1 Å². The zero-order valence-electron chi connectivity index (χ0n) is 17.3. The van der Waals surface area contributed by atoms with E-state index < -0.39 is 11.7 Å². The van der Waals surface area contributed by atoms with Crippen molar-refractivity contribution in [2.45, 2.75) is 24.0 Å². The molecule has 168 valence electrons. The van der Waals surface area contributed by atoms with Crippen LogP contribution in [0.5, 0.6) is 0 Å². The Labute approximate surface area is 187 Å². The fourth-order valence-corrected chi connectivity index (χ4v) is 4.49. The molecule has 10 heteroatoms. The van der Waals surface area contributed by atoms with Gasteiger partial charge in [0.1, 0.15) is 5.82 Å². The molecule has 2 aromatic carbocycles. The number of alkyl halides is 3. The topological polar surface area (TPSA) is 60.3 Å². The van der Waals surface area contributed by atoms with Crippen molar-refractivity contribution in [3.8, 4) is 5.69 Å². The van der Waals surface area contributed by atoms with Gasteiger partial charge in [0.05, 0.1) is 18.8 Å². The molecule has 0 aliphatic carbocycles. The minimum Gasteiger partial charge on any atom is -0.378 e. The van der Waals surface area contributed by atoms with E-state index in [0.29, 0.717) is 54.3 Å². The van der Waals surface area contributed by atoms with E-state index in [9.17, 15) is 18.0 Å². The van der Waals surface area contributed by atoms with Crippen LogP contribution < -0.4 is 0 Å². The molecule has 4 rings (SSSR count). The van der Waals surface area contributed by atoms with Gasteiger partial charge in [-0.05, 0) is 36.8 Å². The number of halogens is 3. The molecular weight excluding hydrogens is 441 g/mol. The number of rotatable bonds is 5. The maximum atomic E-state index is 13.2. The van der Waals surface area contributed by atoms with Gasteiger partial charge in [0.15, 0.2) is 5.16 Å². The lowest BCUT2D eigenvalue weighted by molar-refractivity contribution is -0.137. The maximum absolute atomic E-state index is 13.2. The zero-order valence-corrected chi connectivity index (χ0v) is 18.1. The summed E-state index contributed by atoms with van der Waals surface area (Å²) >= 11 is 1.32. The summed E-state index contributed by atoms with van der Waals surface area (Å²) in [4.78, 5) is 14.7. The Balaban J connectivity index is 1.57. The first-order chi connectivity index (χ1) is 15.3. The number of benzene rings is 2. The monoisotopic (exact) mass is 462 g/mol. The van der Waals surface area contributed by atoms with Crippen molar-refractivity contribution in [1.82, 2.24) is 19.7 Å². The molecule has 1 aromatic heterocycles. The molecule has 0 unspecified atom stereocenters. The quantitative estimate of drug-likeness (QED) is 0.528. The lowest BCUT2D eigenvalue weighted by Gasteiger charge is -2.27. The summed E-state index contributed by atoms with van der Waals surface area (Å²) < 4.78 is 46.4. The van der Waals surface area contributed by atoms with Crippen LogP contribution in [0.1, 0.15) is 27.3 Å². The van der Waals surface area contributed by atoms with Crippen LogP contribution in [0.15, 0.2) is 53.7 Å². The number of hydrogen-bond donors (Lipinski definition) is 0. The largest absolute Gasteiger partial charge is 0.416 e. The van der Waals surface area contributed by atoms with Crippen molar-refractivity contribution in [3.63, 3.8) is 0 Å². The summed E-state index contributed by atoms with van der Waals surface area (Å²) in [6, 6.07) is 12.4. The summed E-state index contributed by atoms with van der Waals surface area (Å²) in [5.41, 5.74) is 1.02. The number of amides is 1. The molecule has 2 heterocycles. The Hall–Kier alpha value is -2.85. The highest BCUT2D eigenvalue weighted by atomic mass is 32.2. The third kappa shape index (κ3) is 4.81. The lowest BCUT2D eigenvalue weighted by Crippen LogP contribution is -2.41. The van der Waals surface area contributed by atoms with Gasteiger partial charge < -0.3 is 9.64 Å². The van der Waals surface area contributed by atoms with E-state index >= 15 is 0 Å². The number of thioether (sulfide) groups is 1. The normalized spacial score (nSPS) is 14.6. The van der Waals surface area contributed by atoms with E-state index in [4.69, 9.17) is 4.74 Å². The third-order valence-electron chi connectivity index (χ3n) is 5.13. The van der Waals surface area contributed by atoms with Crippen LogP contribution in [0.2, 0.25) is 0 Å². The van der Waals surface area contributed by atoms with Crippen molar-refractivity contribution < 1.29 is 22.7 Å². The number of aryl methyl sites for hydroxylation is 1. The van der Waals surface area contributed by atoms with Crippen molar-refractivity contribution in [3.05, 3.63) is 71.0 Å². The molecule has 0 radical (unpaired) electrons. The Bertz CT molecular complexity index is 1110. The first kappa shape index (κ1) is 22.3. The van der Waals surface area contributed by atoms with E-state index in [2.05, 4.69) is 10.2 Å². The molecule has 1 aliphatic heterocycles. The maximum Gasteiger partial charge on any atom is 0.416 e. The smallest absolute Gasteiger partial charge is 0.378 e. The van der Waals surface area contributed by atoms with E-state index in [-0.39, 0.29) is 5.91 Å². The first-order valence-electron chi connectivity index (χ1n) is 10.0. The molecule has 3 aromatic rings. The number of morpholine rings is 1. The molecule has 6 nitrogen and oxygen atoms in total. The summed E-state index contributed by atoms with van der Waals surface area (Å²) in [5, 5.41) is 8.65. The van der Waals surface area contributed by atoms with Crippen molar-refractivity contribution >= 4 is 17.7 Å². The number of nitrogens with zero attached hydrogens (tertiary/aromatic N) is 4. The van der Waals surface area contributed by atoms with Gasteiger partial charge >= 0.3 is 6.18 Å². The molecule has 0 bridgehead atoms.